The number of nitrogens with one attached hydrogen (secondary N) is 1. The molecular weight excluding hydrogens is 386 g/mol. The van der Waals surface area contributed by atoms with Gasteiger partial charge in [0.2, 0.25) is 5.91 Å². The van der Waals surface area contributed by atoms with Gasteiger partial charge in [-0.15, -0.1) is 0 Å². The van der Waals surface area contributed by atoms with Crippen molar-refractivity contribution in [2.24, 2.45) is 11.8 Å². The second-order valence-corrected chi connectivity index (χ2v) is 7.33. The summed E-state index contributed by atoms with van der Waals surface area (Å²) in [6.07, 6.45) is 6.90. The monoisotopic (exact) mass is 407 g/mol. The molecule has 134 valence electrons. The van der Waals surface area contributed by atoms with Crippen LogP contribution >= 0.6 is 15.9 Å². The van der Waals surface area contributed by atoms with Crippen LogP contribution in [0.25, 0.3) is 0 Å². The fraction of sp³-hybridized carbons (Fsp3) is 0.474. The number of halogens is 1. The van der Waals surface area contributed by atoms with Gasteiger partial charge < -0.3 is 14.8 Å². The standard InChI is InChI=1S/C19H22BrNO4/c20-13-7-9-14(10-8-13)21-18(22)16-5-1-2-6-17(16)19(23)25-12-15-4-3-11-24-15/h1-2,7-10,15-17H,3-6,11-12H2,(H,21,22)/t15-,16-,17-/m0/s1. The van der Waals surface area contributed by atoms with E-state index in [2.05, 4.69) is 21.2 Å². The Labute approximate surface area is 155 Å². The molecule has 0 saturated carbocycles. The average Bonchev–Trinajstić information content (AvgIpc) is 3.15. The molecule has 1 aromatic carbocycles. The van der Waals surface area contributed by atoms with E-state index in [-0.39, 0.29) is 24.6 Å². The van der Waals surface area contributed by atoms with E-state index < -0.39 is 11.8 Å². The molecule has 3 rings (SSSR count). The Morgan fingerprint density at radius 3 is 2.56 bits per heavy atom. The molecular formula is C19H22BrNO4. The molecule has 1 heterocycles. The van der Waals surface area contributed by atoms with Crippen molar-refractivity contribution in [3.63, 3.8) is 0 Å². The molecule has 25 heavy (non-hydrogen) atoms. The number of rotatable bonds is 5. The van der Waals surface area contributed by atoms with Crippen molar-refractivity contribution in [2.75, 3.05) is 18.5 Å². The van der Waals surface area contributed by atoms with E-state index in [9.17, 15) is 9.59 Å². The summed E-state index contributed by atoms with van der Waals surface area (Å²) in [5.41, 5.74) is 0.717. The molecule has 1 aliphatic carbocycles. The number of amides is 1. The predicted octanol–water partition coefficient (Wildman–Crippen LogP) is 3.69. The maximum Gasteiger partial charge on any atom is 0.310 e. The van der Waals surface area contributed by atoms with Gasteiger partial charge in [-0.3, -0.25) is 9.59 Å². The molecule has 1 N–H and O–H groups in total. The van der Waals surface area contributed by atoms with E-state index in [1.807, 2.05) is 36.4 Å². The summed E-state index contributed by atoms with van der Waals surface area (Å²) in [6, 6.07) is 7.38. The zero-order valence-corrected chi connectivity index (χ0v) is 15.5. The van der Waals surface area contributed by atoms with Gasteiger partial charge in [-0.1, -0.05) is 28.1 Å². The first-order valence-corrected chi connectivity index (χ1v) is 9.42. The number of ether oxygens (including phenoxy) is 2. The third-order valence-electron chi connectivity index (χ3n) is 4.62. The van der Waals surface area contributed by atoms with Crippen LogP contribution in [0.15, 0.2) is 40.9 Å². The van der Waals surface area contributed by atoms with E-state index in [4.69, 9.17) is 9.47 Å². The van der Waals surface area contributed by atoms with Crippen molar-refractivity contribution in [1.29, 1.82) is 0 Å². The second kappa shape index (κ2) is 8.63. The van der Waals surface area contributed by atoms with Crippen molar-refractivity contribution in [2.45, 2.75) is 31.8 Å². The van der Waals surface area contributed by atoms with Crippen molar-refractivity contribution in [3.05, 3.63) is 40.9 Å². The molecule has 1 aliphatic heterocycles. The highest BCUT2D eigenvalue weighted by atomic mass is 79.9. The van der Waals surface area contributed by atoms with Crippen LogP contribution in [0.3, 0.4) is 0 Å². The molecule has 0 bridgehead atoms. The molecule has 0 radical (unpaired) electrons. The highest BCUT2D eigenvalue weighted by Crippen LogP contribution is 2.29. The highest BCUT2D eigenvalue weighted by molar-refractivity contribution is 9.10. The summed E-state index contributed by atoms with van der Waals surface area (Å²) in [5, 5.41) is 2.89. The van der Waals surface area contributed by atoms with Crippen LogP contribution in [0, 0.1) is 11.8 Å². The number of benzene rings is 1. The summed E-state index contributed by atoms with van der Waals surface area (Å²) >= 11 is 3.37. The van der Waals surface area contributed by atoms with E-state index in [1.165, 1.54) is 0 Å². The maximum atomic E-state index is 12.6. The van der Waals surface area contributed by atoms with E-state index >= 15 is 0 Å². The first kappa shape index (κ1) is 18.1. The van der Waals surface area contributed by atoms with E-state index in [0.29, 0.717) is 18.5 Å². The number of carbonyl (C=O) groups is 2. The third kappa shape index (κ3) is 4.92. The second-order valence-electron chi connectivity index (χ2n) is 6.42. The smallest absolute Gasteiger partial charge is 0.310 e. The zero-order valence-electron chi connectivity index (χ0n) is 13.9. The summed E-state index contributed by atoms with van der Waals surface area (Å²) in [4.78, 5) is 25.1. The maximum absolute atomic E-state index is 12.6. The fourth-order valence-corrected chi connectivity index (χ4v) is 3.45. The summed E-state index contributed by atoms with van der Waals surface area (Å²) in [7, 11) is 0. The molecule has 6 heteroatoms. The lowest BCUT2D eigenvalue weighted by Crippen LogP contribution is -2.36. The predicted molar refractivity (Wildman–Crippen MR) is 98.1 cm³/mol. The lowest BCUT2D eigenvalue weighted by atomic mass is 9.82. The van der Waals surface area contributed by atoms with Gasteiger partial charge in [-0.05, 0) is 49.9 Å². The quantitative estimate of drug-likeness (QED) is 0.596. The first-order valence-electron chi connectivity index (χ1n) is 8.63. The van der Waals surface area contributed by atoms with Gasteiger partial charge >= 0.3 is 5.97 Å². The largest absolute Gasteiger partial charge is 0.463 e. The van der Waals surface area contributed by atoms with Gasteiger partial charge in [0.05, 0.1) is 17.9 Å². The zero-order chi connectivity index (χ0) is 17.6. The van der Waals surface area contributed by atoms with Gasteiger partial charge in [-0.25, -0.2) is 0 Å². The molecule has 0 aromatic heterocycles. The number of hydrogen-bond donors (Lipinski definition) is 1. The van der Waals surface area contributed by atoms with Gasteiger partial charge in [0, 0.05) is 16.8 Å². The Hall–Kier alpha value is -1.66. The van der Waals surface area contributed by atoms with Crippen LogP contribution in [0.1, 0.15) is 25.7 Å². The van der Waals surface area contributed by atoms with Gasteiger partial charge in [-0.2, -0.15) is 0 Å². The molecule has 1 aromatic rings. The molecule has 3 atom stereocenters. The highest BCUT2D eigenvalue weighted by Gasteiger charge is 2.35. The first-order chi connectivity index (χ1) is 12.1. The molecule has 1 saturated heterocycles. The Bertz CT molecular complexity index is 637. The van der Waals surface area contributed by atoms with E-state index in [1.54, 1.807) is 0 Å². The lowest BCUT2D eigenvalue weighted by molar-refractivity contribution is -0.155. The number of anilines is 1. The normalized spacial score (nSPS) is 25.6. The Balaban J connectivity index is 1.59. The SMILES string of the molecule is O=C(Nc1ccc(Br)cc1)[C@H]1CC=CC[C@@H]1C(=O)OC[C@@H]1CCCO1. The Kier molecular flexibility index (Phi) is 6.26. The summed E-state index contributed by atoms with van der Waals surface area (Å²) < 4.78 is 11.9. The summed E-state index contributed by atoms with van der Waals surface area (Å²) in [5.74, 6) is -1.31. The minimum Gasteiger partial charge on any atom is -0.463 e. The summed E-state index contributed by atoms with van der Waals surface area (Å²) in [6.45, 7) is 1.01. The molecule has 1 amide bonds. The van der Waals surface area contributed by atoms with Crippen LogP contribution in [-0.2, 0) is 19.1 Å². The van der Waals surface area contributed by atoms with Crippen LogP contribution < -0.4 is 5.32 Å². The van der Waals surface area contributed by atoms with Gasteiger partial charge in [0.1, 0.15) is 6.61 Å². The van der Waals surface area contributed by atoms with E-state index in [0.717, 1.165) is 23.9 Å². The minimum atomic E-state index is -0.443. The van der Waals surface area contributed by atoms with Crippen LogP contribution in [0.4, 0.5) is 5.69 Å². The molecule has 5 nitrogen and oxygen atoms in total. The fourth-order valence-electron chi connectivity index (χ4n) is 3.19. The number of allylic oxidation sites excluding steroid dienone is 2. The number of esters is 1. The third-order valence-corrected chi connectivity index (χ3v) is 5.15. The molecule has 0 spiro atoms. The van der Waals surface area contributed by atoms with Crippen LogP contribution in [-0.4, -0.2) is 31.2 Å². The molecule has 0 unspecified atom stereocenters. The van der Waals surface area contributed by atoms with Crippen molar-refractivity contribution in [1.82, 2.24) is 0 Å². The van der Waals surface area contributed by atoms with Gasteiger partial charge in [0.15, 0.2) is 0 Å². The minimum absolute atomic E-state index is 0.00174. The number of carbonyl (C=O) groups excluding carboxylic acids is 2. The van der Waals surface area contributed by atoms with Crippen molar-refractivity contribution < 1.29 is 19.1 Å². The van der Waals surface area contributed by atoms with Crippen LogP contribution in [0.2, 0.25) is 0 Å². The molecule has 1 fully saturated rings. The number of hydrogen-bond acceptors (Lipinski definition) is 4. The van der Waals surface area contributed by atoms with Crippen molar-refractivity contribution in [3.8, 4) is 0 Å². The van der Waals surface area contributed by atoms with Crippen LogP contribution in [0.5, 0.6) is 0 Å². The topological polar surface area (TPSA) is 64.6 Å². The molecule has 2 aliphatic rings. The Morgan fingerprint density at radius 1 is 1.16 bits per heavy atom. The average molecular weight is 408 g/mol. The lowest BCUT2D eigenvalue weighted by Gasteiger charge is -2.26. The van der Waals surface area contributed by atoms with Crippen molar-refractivity contribution >= 4 is 33.5 Å². The Morgan fingerprint density at radius 2 is 1.88 bits per heavy atom. The van der Waals surface area contributed by atoms with Gasteiger partial charge in [0.25, 0.3) is 0 Å².